The molecule has 0 fully saturated rings. The molecule has 1 heterocycles. The highest BCUT2D eigenvalue weighted by Crippen LogP contribution is 2.24. The molecule has 5 heteroatoms. The summed E-state index contributed by atoms with van der Waals surface area (Å²) in [4.78, 5) is 14.9. The average molecular weight is 232 g/mol. The van der Waals surface area contributed by atoms with Crippen LogP contribution in [0.15, 0.2) is 18.2 Å². The van der Waals surface area contributed by atoms with Crippen LogP contribution in [-0.4, -0.2) is 18.1 Å². The minimum Gasteiger partial charge on any atom is -0.459 e. The lowest BCUT2D eigenvalue weighted by molar-refractivity contribution is -0.133. The Morgan fingerprint density at radius 1 is 1.56 bits per heavy atom. The largest absolute Gasteiger partial charge is 0.459 e. The third kappa shape index (κ3) is 2.12. The van der Waals surface area contributed by atoms with Crippen molar-refractivity contribution in [2.24, 2.45) is 0 Å². The van der Waals surface area contributed by atoms with E-state index >= 15 is 0 Å². The van der Waals surface area contributed by atoms with E-state index in [1.165, 1.54) is 18.4 Å². The van der Waals surface area contributed by atoms with E-state index in [9.17, 15) is 4.79 Å². The Bertz CT molecular complexity index is 607. The van der Waals surface area contributed by atoms with E-state index in [1.807, 2.05) is 12.1 Å². The number of nitrogens with two attached hydrogens (primary N) is 1. The number of methoxy groups -OCH3 is 1. The molecule has 4 nitrogen and oxygen atoms in total. The van der Waals surface area contributed by atoms with E-state index in [1.54, 1.807) is 6.07 Å². The molecule has 0 spiro atoms. The first-order chi connectivity index (χ1) is 7.69. The lowest BCUT2D eigenvalue weighted by atomic mass is 10.2. The number of anilines is 1. The Balaban J connectivity index is 2.38. The minimum absolute atomic E-state index is 0.521. The number of aromatic nitrogens is 1. The zero-order valence-electron chi connectivity index (χ0n) is 8.48. The van der Waals surface area contributed by atoms with Gasteiger partial charge in [0.15, 0.2) is 5.13 Å². The quantitative estimate of drug-likeness (QED) is 0.551. The second-order valence-corrected chi connectivity index (χ2v) is 4.04. The molecule has 0 bridgehead atoms. The van der Waals surface area contributed by atoms with Crippen LogP contribution in [0.3, 0.4) is 0 Å². The molecule has 2 N–H and O–H groups in total. The van der Waals surface area contributed by atoms with Gasteiger partial charge in [0.2, 0.25) is 0 Å². The highest BCUT2D eigenvalue weighted by atomic mass is 32.1. The molecule has 0 aliphatic rings. The van der Waals surface area contributed by atoms with Crippen LogP contribution in [-0.2, 0) is 9.53 Å². The summed E-state index contributed by atoms with van der Waals surface area (Å²) in [6, 6.07) is 5.46. The highest BCUT2D eigenvalue weighted by Gasteiger charge is 2.00. The normalized spacial score (nSPS) is 9.56. The number of rotatable bonds is 0. The topological polar surface area (TPSA) is 65.2 Å². The van der Waals surface area contributed by atoms with Gasteiger partial charge in [0.25, 0.3) is 0 Å². The predicted molar refractivity (Wildman–Crippen MR) is 62.9 cm³/mol. The molecule has 80 valence electrons. The molecule has 0 aliphatic carbocycles. The third-order valence-electron chi connectivity index (χ3n) is 1.90. The number of esters is 1. The van der Waals surface area contributed by atoms with Gasteiger partial charge in [-0.15, -0.1) is 0 Å². The van der Waals surface area contributed by atoms with Crippen molar-refractivity contribution in [3.8, 4) is 11.8 Å². The number of nitrogen functional groups attached to an aromatic ring is 1. The first-order valence-corrected chi connectivity index (χ1v) is 5.27. The Hall–Kier alpha value is -2.06. The maximum atomic E-state index is 10.8. The third-order valence-corrected chi connectivity index (χ3v) is 2.75. The van der Waals surface area contributed by atoms with Crippen LogP contribution in [0.5, 0.6) is 0 Å². The number of fused-ring (bicyclic) bond motifs is 1. The lowest BCUT2D eigenvalue weighted by Crippen LogP contribution is -1.94. The molecule has 0 amide bonds. The number of hydrogen-bond donors (Lipinski definition) is 1. The van der Waals surface area contributed by atoms with E-state index in [4.69, 9.17) is 5.73 Å². The van der Waals surface area contributed by atoms with Gasteiger partial charge < -0.3 is 10.5 Å². The predicted octanol–water partition coefficient (Wildman–Crippen LogP) is 1.40. The van der Waals surface area contributed by atoms with Gasteiger partial charge in [0.1, 0.15) is 0 Å². The molecule has 0 aliphatic heterocycles. The van der Waals surface area contributed by atoms with Gasteiger partial charge in [-0.05, 0) is 18.2 Å². The van der Waals surface area contributed by atoms with Crippen LogP contribution in [0, 0.1) is 11.8 Å². The molecule has 0 radical (unpaired) electrons. The van der Waals surface area contributed by atoms with E-state index in [-0.39, 0.29) is 0 Å². The summed E-state index contributed by atoms with van der Waals surface area (Å²) in [6.45, 7) is 0. The molecular weight excluding hydrogens is 224 g/mol. The number of thiazole rings is 1. The van der Waals surface area contributed by atoms with Crippen LogP contribution in [0.2, 0.25) is 0 Å². The Morgan fingerprint density at radius 2 is 2.38 bits per heavy atom. The van der Waals surface area contributed by atoms with Crippen LogP contribution >= 0.6 is 11.3 Å². The summed E-state index contributed by atoms with van der Waals surface area (Å²) in [5.74, 6) is 4.52. The zero-order chi connectivity index (χ0) is 11.5. The first-order valence-electron chi connectivity index (χ1n) is 4.45. The van der Waals surface area contributed by atoms with Crippen LogP contribution in [0.1, 0.15) is 5.56 Å². The summed E-state index contributed by atoms with van der Waals surface area (Å²) in [7, 11) is 1.30. The van der Waals surface area contributed by atoms with Gasteiger partial charge in [-0.1, -0.05) is 17.3 Å². The molecule has 0 unspecified atom stereocenters. The number of carbonyl (C=O) groups excluding carboxylic acids is 1. The van der Waals surface area contributed by atoms with Crippen molar-refractivity contribution in [1.82, 2.24) is 4.98 Å². The van der Waals surface area contributed by atoms with E-state index < -0.39 is 5.97 Å². The fraction of sp³-hybridized carbons (Fsp3) is 0.0909. The lowest BCUT2D eigenvalue weighted by Gasteiger charge is -1.89. The van der Waals surface area contributed by atoms with Gasteiger partial charge >= 0.3 is 5.97 Å². The monoisotopic (exact) mass is 232 g/mol. The van der Waals surface area contributed by atoms with Crippen LogP contribution < -0.4 is 5.73 Å². The van der Waals surface area contributed by atoms with Crippen molar-refractivity contribution in [3.63, 3.8) is 0 Å². The number of nitrogens with zero attached hydrogens (tertiary/aromatic N) is 1. The van der Waals surface area contributed by atoms with E-state index in [2.05, 4.69) is 21.6 Å². The van der Waals surface area contributed by atoms with Gasteiger partial charge in [-0.2, -0.15) is 0 Å². The molecular formula is C11H8N2O2S. The second-order valence-electron chi connectivity index (χ2n) is 2.98. The minimum atomic E-state index is -0.552. The smallest absolute Gasteiger partial charge is 0.384 e. The van der Waals surface area contributed by atoms with Gasteiger partial charge in [0, 0.05) is 11.5 Å². The van der Waals surface area contributed by atoms with Gasteiger partial charge in [-0.3, -0.25) is 0 Å². The number of ether oxygens (including phenoxy) is 1. The fourth-order valence-electron chi connectivity index (χ4n) is 1.19. The molecule has 0 atom stereocenters. The van der Waals surface area contributed by atoms with Gasteiger partial charge in [0.05, 0.1) is 17.3 Å². The second kappa shape index (κ2) is 4.21. The summed E-state index contributed by atoms with van der Waals surface area (Å²) < 4.78 is 5.37. The SMILES string of the molecule is COC(=O)C#Cc1ccc2nc(N)sc2c1. The van der Waals surface area contributed by atoms with E-state index in [0.717, 1.165) is 15.8 Å². The maximum absolute atomic E-state index is 10.8. The summed E-state index contributed by atoms with van der Waals surface area (Å²) in [5.41, 5.74) is 7.16. The van der Waals surface area contributed by atoms with Crippen molar-refractivity contribution >= 4 is 32.7 Å². The fourth-order valence-corrected chi connectivity index (χ4v) is 1.97. The molecule has 0 saturated carbocycles. The number of benzene rings is 1. The Kier molecular flexibility index (Phi) is 2.75. The average Bonchev–Trinajstić information content (AvgIpc) is 2.65. The Morgan fingerprint density at radius 3 is 3.12 bits per heavy atom. The van der Waals surface area contributed by atoms with Crippen molar-refractivity contribution in [3.05, 3.63) is 23.8 Å². The van der Waals surface area contributed by atoms with Crippen LogP contribution in [0.25, 0.3) is 10.2 Å². The molecule has 2 aromatic rings. The molecule has 2 rings (SSSR count). The van der Waals surface area contributed by atoms with Crippen molar-refractivity contribution in [2.45, 2.75) is 0 Å². The molecule has 16 heavy (non-hydrogen) atoms. The Labute approximate surface area is 96.0 Å². The number of carbonyl (C=O) groups is 1. The standard InChI is InChI=1S/C11H8N2O2S/c1-15-10(14)5-3-7-2-4-8-9(6-7)16-11(12)13-8/h2,4,6H,1H3,(H2,12,13). The van der Waals surface area contributed by atoms with Crippen molar-refractivity contribution in [1.29, 1.82) is 0 Å². The van der Waals surface area contributed by atoms with Crippen molar-refractivity contribution in [2.75, 3.05) is 12.8 Å². The van der Waals surface area contributed by atoms with Crippen LogP contribution in [0.4, 0.5) is 5.13 Å². The zero-order valence-corrected chi connectivity index (χ0v) is 9.30. The summed E-state index contributed by atoms with van der Waals surface area (Å²) in [5, 5.41) is 0.521. The first kappa shape index (κ1) is 10.5. The highest BCUT2D eigenvalue weighted by molar-refractivity contribution is 7.22. The maximum Gasteiger partial charge on any atom is 0.384 e. The summed E-state index contributed by atoms with van der Waals surface area (Å²) >= 11 is 1.39. The molecule has 1 aromatic carbocycles. The molecule has 1 aromatic heterocycles. The summed E-state index contributed by atoms with van der Waals surface area (Å²) in [6.07, 6.45) is 0. The van der Waals surface area contributed by atoms with Crippen molar-refractivity contribution < 1.29 is 9.53 Å². The number of hydrogen-bond acceptors (Lipinski definition) is 5. The van der Waals surface area contributed by atoms with E-state index in [0.29, 0.717) is 5.13 Å². The molecule has 0 saturated heterocycles. The van der Waals surface area contributed by atoms with Gasteiger partial charge in [-0.25, -0.2) is 9.78 Å².